The van der Waals surface area contributed by atoms with Crippen LogP contribution in [0.25, 0.3) is 49.0 Å². The van der Waals surface area contributed by atoms with E-state index in [-0.39, 0.29) is 0 Å². The van der Waals surface area contributed by atoms with Crippen molar-refractivity contribution in [2.45, 2.75) is 19.6 Å². The highest BCUT2D eigenvalue weighted by Gasteiger charge is 2.25. The van der Waals surface area contributed by atoms with E-state index in [1.54, 1.807) is 0 Å². The molecule has 2 nitrogen and oxygen atoms in total. The van der Waals surface area contributed by atoms with Crippen molar-refractivity contribution < 1.29 is 0 Å². The summed E-state index contributed by atoms with van der Waals surface area (Å²) < 4.78 is 2.50. The van der Waals surface area contributed by atoms with Gasteiger partial charge in [-0.2, -0.15) is 0 Å². The van der Waals surface area contributed by atoms with E-state index in [4.69, 9.17) is 0 Å². The van der Waals surface area contributed by atoms with Crippen molar-refractivity contribution >= 4 is 83.9 Å². The summed E-state index contributed by atoms with van der Waals surface area (Å²) in [7, 11) is 0. The largest absolute Gasteiger partial charge is 0.310 e. The molecule has 0 fully saturated rings. The predicted molar refractivity (Wildman–Crippen MR) is 205 cm³/mol. The van der Waals surface area contributed by atoms with Crippen molar-refractivity contribution in [3.05, 3.63) is 170 Å². The monoisotopic (exact) mass is 648 g/mol. The van der Waals surface area contributed by atoms with E-state index < -0.39 is 0 Å². The minimum Gasteiger partial charge on any atom is -0.310 e. The van der Waals surface area contributed by atoms with Gasteiger partial charge in [0.2, 0.25) is 0 Å². The van der Waals surface area contributed by atoms with Crippen molar-refractivity contribution in [3.63, 3.8) is 0 Å². The third-order valence-electron chi connectivity index (χ3n) is 9.39. The van der Waals surface area contributed by atoms with Crippen molar-refractivity contribution in [2.24, 2.45) is 0 Å². The number of hydrogen-bond donors (Lipinski definition) is 0. The van der Waals surface area contributed by atoms with Crippen LogP contribution in [0.1, 0.15) is 0 Å². The molecule has 8 aromatic carbocycles. The lowest BCUT2D eigenvalue weighted by Gasteiger charge is -2.25. The van der Waals surface area contributed by atoms with Crippen LogP contribution < -0.4 is 4.90 Å². The number of anilines is 3. The van der Waals surface area contributed by atoms with Gasteiger partial charge in [0.1, 0.15) is 0 Å². The Kier molecular flexibility index (Phi) is 6.39. The highest BCUT2D eigenvalue weighted by molar-refractivity contribution is 8.05. The Hall–Kier alpha value is -5.42. The van der Waals surface area contributed by atoms with Crippen LogP contribution in [0.15, 0.2) is 189 Å². The lowest BCUT2D eigenvalue weighted by atomic mass is 10.00. The Bertz CT molecular complexity index is 2640. The fourth-order valence-electron chi connectivity index (χ4n) is 7.30. The number of benzene rings is 8. The Balaban J connectivity index is 1.31. The molecule has 2 heterocycles. The van der Waals surface area contributed by atoms with Crippen LogP contribution in [-0.2, 0) is 0 Å². The van der Waals surface area contributed by atoms with E-state index in [2.05, 4.69) is 179 Å². The van der Waals surface area contributed by atoms with Gasteiger partial charge in [0, 0.05) is 52.8 Å². The zero-order valence-corrected chi connectivity index (χ0v) is 27.5. The van der Waals surface area contributed by atoms with Gasteiger partial charge < -0.3 is 9.47 Å². The first-order chi connectivity index (χ1) is 23.8. The molecule has 48 heavy (non-hydrogen) atoms. The minimum absolute atomic E-state index is 1.13. The summed E-state index contributed by atoms with van der Waals surface area (Å²) in [5.41, 5.74) is 7.02. The highest BCUT2D eigenvalue weighted by Crippen LogP contribution is 2.53. The predicted octanol–water partition coefficient (Wildman–Crippen LogP) is 13.2. The van der Waals surface area contributed by atoms with E-state index >= 15 is 0 Å². The number of rotatable bonds is 4. The van der Waals surface area contributed by atoms with Crippen LogP contribution in [0, 0.1) is 0 Å². The summed E-state index contributed by atoms with van der Waals surface area (Å²) in [6, 6.07) is 61.8. The molecule has 0 N–H and O–H groups in total. The van der Waals surface area contributed by atoms with Crippen LogP contribution in [0.4, 0.5) is 17.1 Å². The molecule has 10 rings (SSSR count). The van der Waals surface area contributed by atoms with Crippen LogP contribution in [0.5, 0.6) is 0 Å². The third-order valence-corrected chi connectivity index (χ3v) is 12.0. The van der Waals surface area contributed by atoms with Crippen molar-refractivity contribution in [1.29, 1.82) is 0 Å². The Labute approximate surface area is 287 Å². The Morgan fingerprint density at radius 2 is 1.00 bits per heavy atom. The number of aromatic nitrogens is 1. The first-order valence-electron chi connectivity index (χ1n) is 16.2. The van der Waals surface area contributed by atoms with Crippen LogP contribution in [0.2, 0.25) is 0 Å². The normalized spacial score (nSPS) is 12.4. The number of para-hydroxylation sites is 2. The first-order valence-corrected chi connectivity index (χ1v) is 17.8. The van der Waals surface area contributed by atoms with Crippen molar-refractivity contribution in [2.75, 3.05) is 4.90 Å². The van der Waals surface area contributed by atoms with Gasteiger partial charge in [-0.1, -0.05) is 121 Å². The molecule has 0 aliphatic carbocycles. The average molecular weight is 649 g/mol. The van der Waals surface area contributed by atoms with E-state index in [0.29, 0.717) is 0 Å². The Morgan fingerprint density at radius 1 is 0.396 bits per heavy atom. The van der Waals surface area contributed by atoms with Crippen LogP contribution >= 0.6 is 23.5 Å². The summed E-state index contributed by atoms with van der Waals surface area (Å²) in [6.07, 6.45) is 0. The van der Waals surface area contributed by atoms with Crippen molar-refractivity contribution in [3.8, 4) is 5.69 Å². The number of nitrogens with zero attached hydrogens (tertiary/aromatic N) is 2. The van der Waals surface area contributed by atoms with E-state index in [9.17, 15) is 0 Å². The van der Waals surface area contributed by atoms with Gasteiger partial charge in [0.25, 0.3) is 0 Å². The second-order valence-electron chi connectivity index (χ2n) is 12.1. The molecule has 0 saturated heterocycles. The summed E-state index contributed by atoms with van der Waals surface area (Å²) in [5.74, 6) is 0. The smallest absolute Gasteiger partial charge is 0.0553 e. The second-order valence-corrected chi connectivity index (χ2v) is 14.3. The van der Waals surface area contributed by atoms with Gasteiger partial charge in [-0.25, -0.2) is 0 Å². The zero-order chi connectivity index (χ0) is 31.6. The van der Waals surface area contributed by atoms with Crippen LogP contribution in [-0.4, -0.2) is 4.57 Å². The molecule has 0 spiro atoms. The molecule has 0 radical (unpaired) electrons. The third kappa shape index (κ3) is 4.30. The van der Waals surface area contributed by atoms with Gasteiger partial charge in [0.15, 0.2) is 0 Å². The molecule has 0 bridgehead atoms. The molecular formula is C44H28N2S2. The van der Waals surface area contributed by atoms with Gasteiger partial charge in [-0.15, -0.1) is 0 Å². The molecule has 1 aliphatic rings. The molecule has 0 atom stereocenters. The second kappa shape index (κ2) is 11.1. The maximum absolute atomic E-state index is 2.50. The molecule has 4 heteroatoms. The fraction of sp³-hybridized carbons (Fsp3) is 0. The lowest BCUT2D eigenvalue weighted by Crippen LogP contribution is -2.09. The average Bonchev–Trinajstić information content (AvgIpc) is 3.48. The lowest BCUT2D eigenvalue weighted by molar-refractivity contribution is 1.16. The van der Waals surface area contributed by atoms with Crippen LogP contribution in [0.3, 0.4) is 0 Å². The first kappa shape index (κ1) is 27.7. The zero-order valence-electron chi connectivity index (χ0n) is 25.9. The number of hydrogen-bond acceptors (Lipinski definition) is 3. The van der Waals surface area contributed by atoms with Crippen molar-refractivity contribution in [1.82, 2.24) is 4.57 Å². The molecule has 226 valence electrons. The molecule has 0 saturated carbocycles. The summed E-state index contributed by atoms with van der Waals surface area (Å²) in [6.45, 7) is 0. The van der Waals surface area contributed by atoms with Gasteiger partial charge in [0.05, 0.1) is 16.7 Å². The summed E-state index contributed by atoms with van der Waals surface area (Å²) >= 11 is 3.78. The summed E-state index contributed by atoms with van der Waals surface area (Å²) in [5, 5.41) is 7.60. The van der Waals surface area contributed by atoms with E-state index in [1.165, 1.54) is 68.6 Å². The topological polar surface area (TPSA) is 8.17 Å². The maximum Gasteiger partial charge on any atom is 0.0553 e. The quantitative estimate of drug-likeness (QED) is 0.176. The standard InChI is InChI=1S/C44H28N2S2/c1-3-14-30(15-4-1)45(31-16-5-2-6-17-31)32-23-24-37-36(28-32)43-38(25-26-42-44(43)48-41-22-12-11-21-40(41)47-42)46(37)39-27-29-13-7-8-18-33(29)34-19-9-10-20-35(34)39/h1-28H. The minimum atomic E-state index is 1.13. The SMILES string of the molecule is c1ccc(N(c2ccccc2)c2ccc3c(c2)c2c4c(ccc2n3-c2cc3ccccc3c3ccccc23)Sc2ccccc2S4)cc1. The Morgan fingerprint density at radius 3 is 1.75 bits per heavy atom. The summed E-state index contributed by atoms with van der Waals surface area (Å²) in [4.78, 5) is 7.63. The number of fused-ring (bicyclic) bond motifs is 9. The molecule has 0 amide bonds. The van der Waals surface area contributed by atoms with E-state index in [0.717, 1.165) is 17.1 Å². The molecule has 0 unspecified atom stereocenters. The molecule has 1 aliphatic heterocycles. The highest BCUT2D eigenvalue weighted by atomic mass is 32.2. The van der Waals surface area contributed by atoms with Gasteiger partial charge >= 0.3 is 0 Å². The maximum atomic E-state index is 2.50. The molecule has 9 aromatic rings. The van der Waals surface area contributed by atoms with Gasteiger partial charge in [-0.3, -0.25) is 0 Å². The van der Waals surface area contributed by atoms with Gasteiger partial charge in [-0.05, 0) is 89.0 Å². The fourth-order valence-corrected chi connectivity index (χ4v) is 9.70. The van der Waals surface area contributed by atoms with E-state index in [1.807, 2.05) is 23.5 Å². The molecule has 1 aromatic heterocycles. The molecular weight excluding hydrogens is 621 g/mol.